The van der Waals surface area contributed by atoms with Crippen LogP contribution in [0.15, 0.2) is 54.6 Å². The van der Waals surface area contributed by atoms with Crippen LogP contribution in [0.1, 0.15) is 18.1 Å². The number of rotatable bonds is 4. The van der Waals surface area contributed by atoms with Crippen molar-refractivity contribution in [2.45, 2.75) is 19.4 Å². The van der Waals surface area contributed by atoms with Crippen molar-refractivity contribution in [1.29, 1.82) is 0 Å². The number of carbonyl (C=O) groups is 1. The number of hydrogen-bond donors (Lipinski definition) is 2. The Morgan fingerprint density at radius 3 is 2.16 bits per heavy atom. The summed E-state index contributed by atoms with van der Waals surface area (Å²) in [5.74, 6) is -0.903. The molecule has 0 heterocycles. The number of hydrogen-bond acceptors (Lipinski definition) is 2. The fourth-order valence-electron chi connectivity index (χ4n) is 1.95. The first kappa shape index (κ1) is 13.1. The molecule has 2 aromatic carbocycles. The zero-order valence-electron chi connectivity index (χ0n) is 11.1. The second-order valence-electron chi connectivity index (χ2n) is 4.79. The first-order chi connectivity index (χ1) is 9.02. The van der Waals surface area contributed by atoms with Gasteiger partial charge in [0.2, 0.25) is 0 Å². The van der Waals surface area contributed by atoms with Gasteiger partial charge in [-0.3, -0.25) is 0 Å². The predicted molar refractivity (Wildman–Crippen MR) is 76.2 cm³/mol. The summed E-state index contributed by atoms with van der Waals surface area (Å²) < 4.78 is 0. The normalized spacial score (nSPS) is 13.6. The number of benzene rings is 2. The molecule has 0 aliphatic rings. The number of nitrogens with one attached hydrogen (secondary N) is 1. The standard InChI is InChI=1S/C16H17NO2/c1-12-8-10-14(11-9-12)17-16(2,15(18)19)13-6-4-3-5-7-13/h3-11,17H,1-2H3,(H,18,19)/t16-/m0/s1. The molecule has 0 aromatic heterocycles. The minimum Gasteiger partial charge on any atom is -0.479 e. The molecule has 0 saturated carbocycles. The Kier molecular flexibility index (Phi) is 3.56. The summed E-state index contributed by atoms with van der Waals surface area (Å²) in [4.78, 5) is 11.6. The van der Waals surface area contributed by atoms with Crippen molar-refractivity contribution in [1.82, 2.24) is 0 Å². The van der Waals surface area contributed by atoms with Gasteiger partial charge in [0.15, 0.2) is 5.54 Å². The molecule has 2 rings (SSSR count). The van der Waals surface area contributed by atoms with Crippen LogP contribution in [0.2, 0.25) is 0 Å². The molecule has 2 aromatic rings. The van der Waals surface area contributed by atoms with E-state index >= 15 is 0 Å². The third-order valence-electron chi connectivity index (χ3n) is 3.22. The fraction of sp³-hybridized carbons (Fsp3) is 0.188. The lowest BCUT2D eigenvalue weighted by Gasteiger charge is -2.28. The molecular weight excluding hydrogens is 238 g/mol. The summed E-state index contributed by atoms with van der Waals surface area (Å²) in [7, 11) is 0. The molecule has 0 aliphatic heterocycles. The third-order valence-corrected chi connectivity index (χ3v) is 3.22. The van der Waals surface area contributed by atoms with Gasteiger partial charge < -0.3 is 10.4 Å². The van der Waals surface area contributed by atoms with E-state index < -0.39 is 11.5 Å². The molecule has 0 spiro atoms. The maximum absolute atomic E-state index is 11.6. The van der Waals surface area contributed by atoms with Crippen LogP contribution in [0.5, 0.6) is 0 Å². The zero-order valence-corrected chi connectivity index (χ0v) is 11.1. The van der Waals surface area contributed by atoms with E-state index in [4.69, 9.17) is 0 Å². The number of carboxylic acids is 1. The summed E-state index contributed by atoms with van der Waals surface area (Å²) in [5, 5.41) is 12.6. The molecule has 0 unspecified atom stereocenters. The van der Waals surface area contributed by atoms with Crippen LogP contribution >= 0.6 is 0 Å². The van der Waals surface area contributed by atoms with E-state index in [2.05, 4.69) is 5.32 Å². The van der Waals surface area contributed by atoms with Crippen molar-refractivity contribution in [2.24, 2.45) is 0 Å². The van der Waals surface area contributed by atoms with Gasteiger partial charge in [0.25, 0.3) is 0 Å². The lowest BCUT2D eigenvalue weighted by Crippen LogP contribution is -2.40. The maximum Gasteiger partial charge on any atom is 0.333 e. The van der Waals surface area contributed by atoms with Gasteiger partial charge in [0, 0.05) is 5.69 Å². The first-order valence-corrected chi connectivity index (χ1v) is 6.16. The Labute approximate surface area is 112 Å². The molecule has 0 aliphatic carbocycles. The van der Waals surface area contributed by atoms with E-state index in [1.807, 2.05) is 61.5 Å². The molecule has 98 valence electrons. The predicted octanol–water partition coefficient (Wildman–Crippen LogP) is 3.41. The van der Waals surface area contributed by atoms with Crippen LogP contribution in [0.4, 0.5) is 5.69 Å². The zero-order chi connectivity index (χ0) is 13.9. The smallest absolute Gasteiger partial charge is 0.333 e. The van der Waals surface area contributed by atoms with Crippen molar-refractivity contribution in [3.63, 3.8) is 0 Å². The number of carboxylic acid groups (broad SMARTS) is 1. The molecule has 0 fully saturated rings. The monoisotopic (exact) mass is 255 g/mol. The van der Waals surface area contributed by atoms with Gasteiger partial charge in [-0.1, -0.05) is 48.0 Å². The van der Waals surface area contributed by atoms with Gasteiger partial charge in [0.1, 0.15) is 0 Å². The highest BCUT2D eigenvalue weighted by molar-refractivity contribution is 5.84. The average molecular weight is 255 g/mol. The van der Waals surface area contributed by atoms with Crippen LogP contribution in [-0.4, -0.2) is 11.1 Å². The van der Waals surface area contributed by atoms with E-state index in [0.29, 0.717) is 0 Å². The molecule has 0 bridgehead atoms. The second-order valence-corrected chi connectivity index (χ2v) is 4.79. The van der Waals surface area contributed by atoms with Gasteiger partial charge >= 0.3 is 5.97 Å². The average Bonchev–Trinajstić information content (AvgIpc) is 2.42. The van der Waals surface area contributed by atoms with Gasteiger partial charge in [-0.15, -0.1) is 0 Å². The highest BCUT2D eigenvalue weighted by Crippen LogP contribution is 2.26. The van der Waals surface area contributed by atoms with E-state index in [1.54, 1.807) is 6.92 Å². The third kappa shape index (κ3) is 2.76. The van der Waals surface area contributed by atoms with Crippen LogP contribution < -0.4 is 5.32 Å². The lowest BCUT2D eigenvalue weighted by atomic mass is 9.91. The first-order valence-electron chi connectivity index (χ1n) is 6.16. The Morgan fingerprint density at radius 1 is 1.05 bits per heavy atom. The van der Waals surface area contributed by atoms with Crippen molar-refractivity contribution in [3.8, 4) is 0 Å². The Balaban J connectivity index is 2.36. The van der Waals surface area contributed by atoms with E-state index in [-0.39, 0.29) is 0 Å². The largest absolute Gasteiger partial charge is 0.479 e. The molecule has 0 amide bonds. The summed E-state index contributed by atoms with van der Waals surface area (Å²) in [6.07, 6.45) is 0. The van der Waals surface area contributed by atoms with Crippen molar-refractivity contribution in [2.75, 3.05) is 5.32 Å². The molecule has 2 N–H and O–H groups in total. The second kappa shape index (κ2) is 5.14. The summed E-state index contributed by atoms with van der Waals surface area (Å²) >= 11 is 0. The number of aryl methyl sites for hydroxylation is 1. The quantitative estimate of drug-likeness (QED) is 0.880. The van der Waals surface area contributed by atoms with Gasteiger partial charge in [-0.25, -0.2) is 4.79 Å². The van der Waals surface area contributed by atoms with Crippen LogP contribution in [0, 0.1) is 6.92 Å². The molecule has 1 atom stereocenters. The van der Waals surface area contributed by atoms with Crippen LogP contribution in [0.3, 0.4) is 0 Å². The van der Waals surface area contributed by atoms with Crippen LogP contribution in [0.25, 0.3) is 0 Å². The fourth-order valence-corrected chi connectivity index (χ4v) is 1.95. The molecule has 0 saturated heterocycles. The van der Waals surface area contributed by atoms with Gasteiger partial charge in [0.05, 0.1) is 0 Å². The van der Waals surface area contributed by atoms with E-state index in [9.17, 15) is 9.90 Å². The SMILES string of the molecule is Cc1ccc(N[C@](C)(C(=O)O)c2ccccc2)cc1. The van der Waals surface area contributed by atoms with E-state index in [1.165, 1.54) is 0 Å². The Hall–Kier alpha value is -2.29. The Bertz CT molecular complexity index is 563. The maximum atomic E-state index is 11.6. The topological polar surface area (TPSA) is 49.3 Å². The molecule has 3 nitrogen and oxygen atoms in total. The summed E-state index contributed by atoms with van der Waals surface area (Å²) in [6.45, 7) is 3.67. The number of anilines is 1. The Morgan fingerprint density at radius 2 is 1.63 bits per heavy atom. The van der Waals surface area contributed by atoms with E-state index in [0.717, 1.165) is 16.8 Å². The number of aliphatic carboxylic acids is 1. The molecular formula is C16H17NO2. The highest BCUT2D eigenvalue weighted by Gasteiger charge is 2.34. The molecule has 0 radical (unpaired) electrons. The summed E-state index contributed by atoms with van der Waals surface area (Å²) in [5.41, 5.74) is 1.51. The van der Waals surface area contributed by atoms with Crippen LogP contribution in [-0.2, 0) is 10.3 Å². The highest BCUT2D eigenvalue weighted by atomic mass is 16.4. The van der Waals surface area contributed by atoms with Crippen molar-refractivity contribution in [3.05, 3.63) is 65.7 Å². The van der Waals surface area contributed by atoms with Crippen molar-refractivity contribution < 1.29 is 9.90 Å². The molecule has 3 heteroatoms. The lowest BCUT2D eigenvalue weighted by molar-refractivity contribution is -0.142. The van der Waals surface area contributed by atoms with Gasteiger partial charge in [-0.2, -0.15) is 0 Å². The van der Waals surface area contributed by atoms with Gasteiger partial charge in [-0.05, 0) is 31.5 Å². The minimum atomic E-state index is -1.14. The summed E-state index contributed by atoms with van der Waals surface area (Å²) in [6, 6.07) is 16.9. The van der Waals surface area contributed by atoms with Crippen molar-refractivity contribution >= 4 is 11.7 Å². The minimum absolute atomic E-state index is 0.725. The molecule has 19 heavy (non-hydrogen) atoms.